The zero-order chi connectivity index (χ0) is 13.8. The van der Waals surface area contributed by atoms with E-state index in [1.807, 2.05) is 13.8 Å². The van der Waals surface area contributed by atoms with E-state index in [0.29, 0.717) is 12.2 Å². The fourth-order valence-corrected chi connectivity index (χ4v) is 2.65. The van der Waals surface area contributed by atoms with Crippen LogP contribution < -0.4 is 10.0 Å². The van der Waals surface area contributed by atoms with Crippen molar-refractivity contribution >= 4 is 15.7 Å². The SMILES string of the molecule is C#CC(C)(C)Nc1ccccc1S(=O)(=O)NCC. The van der Waals surface area contributed by atoms with E-state index in [9.17, 15) is 8.42 Å². The molecule has 0 spiro atoms. The molecule has 18 heavy (non-hydrogen) atoms. The molecule has 0 unspecified atom stereocenters. The standard InChI is InChI=1S/C13H18N2O2S/c1-5-13(3,4)15-11-9-7-8-10-12(11)18(16,17)14-6-2/h1,7-10,14-15H,6H2,2-4H3. The second-order valence-corrected chi connectivity index (χ2v) is 6.13. The van der Waals surface area contributed by atoms with Gasteiger partial charge in [-0.15, -0.1) is 6.42 Å². The molecule has 0 fully saturated rings. The molecule has 1 rings (SSSR count). The van der Waals surface area contributed by atoms with Gasteiger partial charge in [-0.1, -0.05) is 25.0 Å². The van der Waals surface area contributed by atoms with Gasteiger partial charge in [0, 0.05) is 6.54 Å². The first-order valence-corrected chi connectivity index (χ1v) is 7.15. The Morgan fingerprint density at radius 1 is 1.33 bits per heavy atom. The first kappa shape index (κ1) is 14.6. The lowest BCUT2D eigenvalue weighted by Gasteiger charge is -2.23. The molecule has 0 amide bonds. The fourth-order valence-electron chi connectivity index (χ4n) is 1.44. The van der Waals surface area contributed by atoms with Crippen molar-refractivity contribution in [1.82, 2.24) is 4.72 Å². The van der Waals surface area contributed by atoms with Gasteiger partial charge >= 0.3 is 0 Å². The van der Waals surface area contributed by atoms with E-state index in [2.05, 4.69) is 16.0 Å². The van der Waals surface area contributed by atoms with Crippen molar-refractivity contribution in [3.8, 4) is 12.3 Å². The summed E-state index contributed by atoms with van der Waals surface area (Å²) >= 11 is 0. The van der Waals surface area contributed by atoms with Gasteiger partial charge in [0.05, 0.1) is 11.2 Å². The second-order valence-electron chi connectivity index (χ2n) is 4.39. The van der Waals surface area contributed by atoms with Gasteiger partial charge in [0.1, 0.15) is 4.90 Å². The monoisotopic (exact) mass is 266 g/mol. The van der Waals surface area contributed by atoms with E-state index < -0.39 is 15.6 Å². The van der Waals surface area contributed by atoms with Crippen LogP contribution in [0.4, 0.5) is 5.69 Å². The van der Waals surface area contributed by atoms with Crippen LogP contribution >= 0.6 is 0 Å². The number of terminal acetylenes is 1. The maximum Gasteiger partial charge on any atom is 0.242 e. The van der Waals surface area contributed by atoms with Crippen molar-refractivity contribution < 1.29 is 8.42 Å². The summed E-state index contributed by atoms with van der Waals surface area (Å²) in [6.07, 6.45) is 5.39. The van der Waals surface area contributed by atoms with E-state index >= 15 is 0 Å². The highest BCUT2D eigenvalue weighted by molar-refractivity contribution is 7.89. The number of nitrogens with one attached hydrogen (secondary N) is 2. The molecule has 0 aliphatic heterocycles. The van der Waals surface area contributed by atoms with Crippen molar-refractivity contribution in [3.05, 3.63) is 24.3 Å². The van der Waals surface area contributed by atoms with Gasteiger partial charge < -0.3 is 5.32 Å². The van der Waals surface area contributed by atoms with Crippen LogP contribution in [0.15, 0.2) is 29.2 Å². The molecular formula is C13H18N2O2S. The van der Waals surface area contributed by atoms with Crippen molar-refractivity contribution in [2.75, 3.05) is 11.9 Å². The highest BCUT2D eigenvalue weighted by Gasteiger charge is 2.21. The van der Waals surface area contributed by atoms with Gasteiger partial charge in [-0.05, 0) is 26.0 Å². The number of hydrogen-bond donors (Lipinski definition) is 2. The van der Waals surface area contributed by atoms with Gasteiger partial charge in [-0.3, -0.25) is 0 Å². The smallest absolute Gasteiger partial charge is 0.242 e. The van der Waals surface area contributed by atoms with Gasteiger partial charge in [-0.25, -0.2) is 13.1 Å². The molecule has 0 atom stereocenters. The normalized spacial score (nSPS) is 11.9. The van der Waals surface area contributed by atoms with Crippen LogP contribution in [0.1, 0.15) is 20.8 Å². The zero-order valence-electron chi connectivity index (χ0n) is 10.8. The highest BCUT2D eigenvalue weighted by Crippen LogP contribution is 2.23. The summed E-state index contributed by atoms with van der Waals surface area (Å²) in [5.41, 5.74) is -0.112. The van der Waals surface area contributed by atoms with Crippen LogP contribution in [0.2, 0.25) is 0 Å². The number of sulfonamides is 1. The highest BCUT2D eigenvalue weighted by atomic mass is 32.2. The Kier molecular flexibility index (Phi) is 4.38. The van der Waals surface area contributed by atoms with Crippen LogP contribution in [0.5, 0.6) is 0 Å². The first-order chi connectivity index (χ1) is 8.32. The van der Waals surface area contributed by atoms with Crippen LogP contribution in [0.25, 0.3) is 0 Å². The molecule has 0 bridgehead atoms. The quantitative estimate of drug-likeness (QED) is 0.799. The van der Waals surface area contributed by atoms with Gasteiger partial charge in [0.2, 0.25) is 10.0 Å². The van der Waals surface area contributed by atoms with E-state index in [4.69, 9.17) is 6.42 Å². The molecule has 98 valence electrons. The molecule has 0 aliphatic rings. The van der Waals surface area contributed by atoms with Gasteiger partial charge in [0.15, 0.2) is 0 Å². The van der Waals surface area contributed by atoms with Crippen LogP contribution in [0, 0.1) is 12.3 Å². The van der Waals surface area contributed by atoms with Crippen molar-refractivity contribution in [2.45, 2.75) is 31.2 Å². The maximum atomic E-state index is 12.0. The third kappa shape index (κ3) is 3.49. The minimum Gasteiger partial charge on any atom is -0.368 e. The average Bonchev–Trinajstić information content (AvgIpc) is 2.29. The molecule has 0 heterocycles. The Morgan fingerprint density at radius 2 is 1.94 bits per heavy atom. The number of rotatable bonds is 5. The summed E-state index contributed by atoms with van der Waals surface area (Å²) in [5, 5.41) is 3.05. The lowest BCUT2D eigenvalue weighted by atomic mass is 10.1. The number of anilines is 1. The summed E-state index contributed by atoms with van der Waals surface area (Å²) in [6, 6.07) is 6.69. The number of benzene rings is 1. The lowest BCUT2D eigenvalue weighted by molar-refractivity contribution is 0.584. The number of para-hydroxylation sites is 1. The summed E-state index contributed by atoms with van der Waals surface area (Å²) in [5.74, 6) is 2.57. The van der Waals surface area contributed by atoms with E-state index in [0.717, 1.165) is 0 Å². The van der Waals surface area contributed by atoms with E-state index in [1.165, 1.54) is 0 Å². The molecule has 2 N–H and O–H groups in total. The molecule has 1 aromatic carbocycles. The van der Waals surface area contributed by atoms with Crippen LogP contribution in [0.3, 0.4) is 0 Å². The average molecular weight is 266 g/mol. The Balaban J connectivity index is 3.21. The minimum absolute atomic E-state index is 0.204. The third-order valence-electron chi connectivity index (χ3n) is 2.32. The van der Waals surface area contributed by atoms with Gasteiger partial charge in [-0.2, -0.15) is 0 Å². The Hall–Kier alpha value is -1.51. The molecule has 0 saturated carbocycles. The van der Waals surface area contributed by atoms with Crippen LogP contribution in [-0.2, 0) is 10.0 Å². The van der Waals surface area contributed by atoms with Crippen molar-refractivity contribution in [1.29, 1.82) is 0 Å². The fraction of sp³-hybridized carbons (Fsp3) is 0.385. The summed E-state index contributed by atoms with van der Waals surface area (Å²) in [7, 11) is -3.50. The third-order valence-corrected chi connectivity index (χ3v) is 3.92. The molecular weight excluding hydrogens is 248 g/mol. The Bertz CT molecular complexity index is 557. The maximum absolute atomic E-state index is 12.0. The molecule has 4 nitrogen and oxygen atoms in total. The first-order valence-electron chi connectivity index (χ1n) is 5.67. The predicted molar refractivity (Wildman–Crippen MR) is 73.8 cm³/mol. The summed E-state index contributed by atoms with van der Waals surface area (Å²) < 4.78 is 26.5. The lowest BCUT2D eigenvalue weighted by Crippen LogP contribution is -2.31. The van der Waals surface area contributed by atoms with E-state index in [1.54, 1.807) is 31.2 Å². The zero-order valence-corrected chi connectivity index (χ0v) is 11.6. The largest absolute Gasteiger partial charge is 0.368 e. The topological polar surface area (TPSA) is 58.2 Å². The Labute approximate surface area is 109 Å². The Morgan fingerprint density at radius 3 is 2.50 bits per heavy atom. The van der Waals surface area contributed by atoms with Crippen molar-refractivity contribution in [3.63, 3.8) is 0 Å². The van der Waals surface area contributed by atoms with E-state index in [-0.39, 0.29) is 4.90 Å². The molecule has 0 aromatic heterocycles. The van der Waals surface area contributed by atoms with Crippen molar-refractivity contribution in [2.24, 2.45) is 0 Å². The van der Waals surface area contributed by atoms with Crippen LogP contribution in [-0.4, -0.2) is 20.5 Å². The molecule has 0 aliphatic carbocycles. The summed E-state index contributed by atoms with van der Waals surface area (Å²) in [4.78, 5) is 0.204. The molecule has 5 heteroatoms. The minimum atomic E-state index is -3.50. The van der Waals surface area contributed by atoms with Gasteiger partial charge in [0.25, 0.3) is 0 Å². The predicted octanol–water partition coefficient (Wildman–Crippen LogP) is 1.81. The molecule has 0 saturated heterocycles. The number of hydrogen-bond acceptors (Lipinski definition) is 3. The second kappa shape index (κ2) is 5.42. The molecule has 1 aromatic rings. The molecule has 0 radical (unpaired) electrons. The summed E-state index contributed by atoms with van der Waals surface area (Å²) in [6.45, 7) is 5.70.